The summed E-state index contributed by atoms with van der Waals surface area (Å²) in [5.41, 5.74) is 1.40. The molecule has 2 aliphatic rings. The molecule has 1 saturated carbocycles. The van der Waals surface area contributed by atoms with Gasteiger partial charge in [0.2, 0.25) is 0 Å². The van der Waals surface area contributed by atoms with Crippen LogP contribution in [0.5, 0.6) is 0 Å². The van der Waals surface area contributed by atoms with Gasteiger partial charge in [0.05, 0.1) is 12.1 Å². The minimum absolute atomic E-state index is 0.348. The van der Waals surface area contributed by atoms with Crippen molar-refractivity contribution >= 4 is 0 Å². The maximum absolute atomic E-state index is 4.52. The first-order valence-electron chi connectivity index (χ1n) is 11.1. The van der Waals surface area contributed by atoms with Gasteiger partial charge in [-0.05, 0) is 35.3 Å². The van der Waals surface area contributed by atoms with Crippen molar-refractivity contribution in [3.05, 3.63) is 41.7 Å². The Morgan fingerprint density at radius 1 is 1.00 bits per heavy atom. The second kappa shape index (κ2) is 9.61. The molecule has 0 amide bonds. The molecule has 2 fully saturated rings. The summed E-state index contributed by atoms with van der Waals surface area (Å²) in [5.74, 6) is 1.10. The van der Waals surface area contributed by atoms with E-state index >= 15 is 0 Å². The lowest BCUT2D eigenvalue weighted by Gasteiger charge is -2.39. The van der Waals surface area contributed by atoms with Crippen molar-refractivity contribution in [3.63, 3.8) is 0 Å². The third kappa shape index (κ3) is 4.61. The Balaban J connectivity index is 1.41. The summed E-state index contributed by atoms with van der Waals surface area (Å²) in [7, 11) is 0. The van der Waals surface area contributed by atoms with Crippen LogP contribution < -0.4 is 0 Å². The van der Waals surface area contributed by atoms with Crippen molar-refractivity contribution < 1.29 is 0 Å². The van der Waals surface area contributed by atoms with E-state index in [1.165, 1.54) is 37.7 Å². The van der Waals surface area contributed by atoms with Crippen molar-refractivity contribution in [1.82, 2.24) is 30.0 Å². The summed E-state index contributed by atoms with van der Waals surface area (Å²) in [6.07, 6.45) is 8.71. The molecule has 0 radical (unpaired) electrons. The fourth-order valence-corrected chi connectivity index (χ4v) is 4.83. The average Bonchev–Trinajstić information content (AvgIpc) is 3.24. The molecule has 2 heterocycles. The highest BCUT2D eigenvalue weighted by Gasteiger charge is 2.30. The van der Waals surface area contributed by atoms with Gasteiger partial charge < -0.3 is 0 Å². The lowest BCUT2D eigenvalue weighted by atomic mass is 9.95. The van der Waals surface area contributed by atoms with E-state index in [-0.39, 0.29) is 0 Å². The lowest BCUT2D eigenvalue weighted by Crippen LogP contribution is -2.47. The summed E-state index contributed by atoms with van der Waals surface area (Å²) in [4.78, 5) is 5.19. The molecule has 152 valence electrons. The average molecular weight is 383 g/mol. The number of tetrazole rings is 1. The van der Waals surface area contributed by atoms with E-state index in [1.807, 2.05) is 0 Å². The predicted molar refractivity (Wildman–Crippen MR) is 111 cm³/mol. The number of benzene rings is 1. The van der Waals surface area contributed by atoms with Crippen LogP contribution >= 0.6 is 0 Å². The van der Waals surface area contributed by atoms with E-state index < -0.39 is 0 Å². The van der Waals surface area contributed by atoms with Crippen molar-refractivity contribution in [2.24, 2.45) is 0 Å². The molecule has 1 aliphatic heterocycles. The molecule has 1 atom stereocenters. The summed E-state index contributed by atoms with van der Waals surface area (Å²) in [5, 5.41) is 13.0. The largest absolute Gasteiger partial charge is 0.297 e. The summed E-state index contributed by atoms with van der Waals surface area (Å²) in [6, 6.07) is 11.7. The first kappa shape index (κ1) is 19.5. The van der Waals surface area contributed by atoms with E-state index in [2.05, 4.69) is 67.3 Å². The van der Waals surface area contributed by atoms with Crippen LogP contribution in [0.4, 0.5) is 0 Å². The first-order valence-corrected chi connectivity index (χ1v) is 11.1. The minimum Gasteiger partial charge on any atom is -0.297 e. The van der Waals surface area contributed by atoms with Gasteiger partial charge in [-0.2, -0.15) is 0 Å². The maximum atomic E-state index is 4.52. The molecular formula is C22H34N6. The molecule has 0 unspecified atom stereocenters. The fourth-order valence-electron chi connectivity index (χ4n) is 4.83. The van der Waals surface area contributed by atoms with Crippen molar-refractivity contribution in [2.45, 2.75) is 70.5 Å². The SMILES string of the molecule is CCC[C@H](c1nnnn1C1CCCCC1)N1CCN(Cc2ccccc2)CC1. The number of rotatable bonds is 7. The summed E-state index contributed by atoms with van der Waals surface area (Å²) < 4.78 is 2.18. The number of hydrogen-bond donors (Lipinski definition) is 0. The summed E-state index contributed by atoms with van der Waals surface area (Å²) >= 11 is 0. The molecule has 0 spiro atoms. The van der Waals surface area contributed by atoms with Gasteiger partial charge in [0.1, 0.15) is 0 Å². The van der Waals surface area contributed by atoms with Gasteiger partial charge >= 0.3 is 0 Å². The summed E-state index contributed by atoms with van der Waals surface area (Å²) in [6.45, 7) is 7.73. The normalized spacial score (nSPS) is 21.0. The second-order valence-corrected chi connectivity index (χ2v) is 8.38. The number of piperazine rings is 1. The topological polar surface area (TPSA) is 50.1 Å². The van der Waals surface area contributed by atoms with Crippen LogP contribution in [0.15, 0.2) is 30.3 Å². The molecule has 0 N–H and O–H groups in total. The molecule has 1 saturated heterocycles. The van der Waals surface area contributed by atoms with Gasteiger partial charge in [0.15, 0.2) is 5.82 Å². The van der Waals surface area contributed by atoms with E-state index in [0.717, 1.165) is 51.4 Å². The predicted octanol–water partition coefficient (Wildman–Crippen LogP) is 3.84. The van der Waals surface area contributed by atoms with Crippen molar-refractivity contribution in [2.75, 3.05) is 26.2 Å². The smallest absolute Gasteiger partial charge is 0.168 e. The standard InChI is InChI=1S/C22H34N6/c1-2-9-21(22-23-24-25-28(22)20-12-7-4-8-13-20)27-16-14-26(15-17-27)18-19-10-5-3-6-11-19/h3,5-6,10-11,20-21H,2,4,7-9,12-18H2,1H3/t21-/m1/s1. The maximum Gasteiger partial charge on any atom is 0.168 e. The van der Waals surface area contributed by atoms with Crippen LogP contribution in [-0.4, -0.2) is 56.2 Å². The Bertz CT molecular complexity index is 701. The van der Waals surface area contributed by atoms with Crippen LogP contribution in [-0.2, 0) is 6.54 Å². The van der Waals surface area contributed by atoms with Gasteiger partial charge in [-0.25, -0.2) is 4.68 Å². The Morgan fingerprint density at radius 2 is 1.75 bits per heavy atom. The number of aromatic nitrogens is 4. The van der Waals surface area contributed by atoms with E-state index in [0.29, 0.717) is 12.1 Å². The zero-order chi connectivity index (χ0) is 19.2. The quantitative estimate of drug-likeness (QED) is 0.728. The third-order valence-corrected chi connectivity index (χ3v) is 6.40. The highest BCUT2D eigenvalue weighted by Crippen LogP contribution is 2.32. The van der Waals surface area contributed by atoms with Crippen LogP contribution in [0.3, 0.4) is 0 Å². The van der Waals surface area contributed by atoms with Crippen molar-refractivity contribution in [1.29, 1.82) is 0 Å². The second-order valence-electron chi connectivity index (χ2n) is 8.38. The van der Waals surface area contributed by atoms with Crippen LogP contribution in [0, 0.1) is 0 Å². The van der Waals surface area contributed by atoms with Gasteiger partial charge in [0.25, 0.3) is 0 Å². The molecule has 1 aromatic heterocycles. The van der Waals surface area contributed by atoms with Gasteiger partial charge in [0, 0.05) is 32.7 Å². The van der Waals surface area contributed by atoms with Gasteiger partial charge in [-0.3, -0.25) is 9.80 Å². The van der Waals surface area contributed by atoms with Crippen molar-refractivity contribution in [3.8, 4) is 0 Å². The lowest BCUT2D eigenvalue weighted by molar-refractivity contribution is 0.0803. The monoisotopic (exact) mass is 382 g/mol. The molecule has 6 heteroatoms. The number of nitrogens with zero attached hydrogens (tertiary/aromatic N) is 6. The van der Waals surface area contributed by atoms with E-state index in [9.17, 15) is 0 Å². The molecule has 2 aromatic rings. The first-order chi connectivity index (χ1) is 13.8. The zero-order valence-corrected chi connectivity index (χ0v) is 17.2. The Labute approximate surface area is 168 Å². The molecule has 6 nitrogen and oxygen atoms in total. The molecular weight excluding hydrogens is 348 g/mol. The molecule has 28 heavy (non-hydrogen) atoms. The zero-order valence-electron chi connectivity index (χ0n) is 17.2. The molecule has 1 aromatic carbocycles. The van der Waals surface area contributed by atoms with Gasteiger partial charge in [-0.1, -0.05) is 62.9 Å². The minimum atomic E-state index is 0.348. The Morgan fingerprint density at radius 3 is 2.46 bits per heavy atom. The Kier molecular flexibility index (Phi) is 6.70. The van der Waals surface area contributed by atoms with Crippen LogP contribution in [0.25, 0.3) is 0 Å². The fraction of sp³-hybridized carbons (Fsp3) is 0.682. The van der Waals surface area contributed by atoms with E-state index in [4.69, 9.17) is 0 Å². The third-order valence-electron chi connectivity index (χ3n) is 6.40. The van der Waals surface area contributed by atoms with E-state index in [1.54, 1.807) is 0 Å². The number of hydrogen-bond acceptors (Lipinski definition) is 5. The highest BCUT2D eigenvalue weighted by atomic mass is 15.6. The molecule has 1 aliphatic carbocycles. The molecule has 4 rings (SSSR count). The van der Waals surface area contributed by atoms with Gasteiger partial charge in [-0.15, -0.1) is 5.10 Å². The highest BCUT2D eigenvalue weighted by molar-refractivity contribution is 5.14. The van der Waals surface area contributed by atoms with Crippen LogP contribution in [0.1, 0.15) is 75.3 Å². The Hall–Kier alpha value is -1.79. The van der Waals surface area contributed by atoms with Crippen LogP contribution in [0.2, 0.25) is 0 Å². The molecule has 0 bridgehead atoms.